The van der Waals surface area contributed by atoms with E-state index in [-0.39, 0.29) is 17.5 Å². The van der Waals surface area contributed by atoms with E-state index in [1.165, 1.54) is 0 Å². The molecular weight excluding hydrogens is 462 g/mol. The largest absolute Gasteiger partial charge is 0.439 e. The molecule has 1 aliphatic rings. The molecule has 4 aromatic rings. The molecule has 11 heteroatoms. The summed E-state index contributed by atoms with van der Waals surface area (Å²) in [5.41, 5.74) is 8.35. The molecule has 0 radical (unpaired) electrons. The van der Waals surface area contributed by atoms with E-state index < -0.39 is 0 Å². The number of aromatic nitrogens is 5. The highest BCUT2D eigenvalue weighted by atomic mass is 16.6. The highest BCUT2D eigenvalue weighted by Crippen LogP contribution is 2.29. The van der Waals surface area contributed by atoms with Gasteiger partial charge in [0.2, 0.25) is 5.88 Å². The van der Waals surface area contributed by atoms with Gasteiger partial charge in [-0.05, 0) is 42.3 Å². The lowest BCUT2D eigenvalue weighted by Crippen LogP contribution is -2.37. The number of nitrogens with zero attached hydrogens (tertiary/aromatic N) is 6. The number of Topliss-reactive ketones (excluding diaryl/α,β-unsaturated/α-hetero) is 1. The van der Waals surface area contributed by atoms with Crippen LogP contribution in [0.15, 0.2) is 41.2 Å². The van der Waals surface area contributed by atoms with Crippen LogP contribution in [0.4, 0.5) is 5.82 Å². The van der Waals surface area contributed by atoms with Gasteiger partial charge in [-0.2, -0.15) is 0 Å². The number of benzene rings is 1. The molecule has 1 aromatic carbocycles. The first-order valence-corrected chi connectivity index (χ1v) is 12.1. The second-order valence-corrected chi connectivity index (χ2v) is 8.83. The summed E-state index contributed by atoms with van der Waals surface area (Å²) < 4.78 is 18.1. The van der Waals surface area contributed by atoms with Crippen molar-refractivity contribution >= 4 is 22.6 Å². The number of ketones is 1. The number of carbonyl (C=O) groups excluding carboxylic acids is 1. The van der Waals surface area contributed by atoms with E-state index in [9.17, 15) is 4.79 Å². The Bertz CT molecular complexity index is 1360. The number of aryl methyl sites for hydroxylation is 1. The van der Waals surface area contributed by atoms with Crippen molar-refractivity contribution in [1.82, 2.24) is 29.7 Å². The van der Waals surface area contributed by atoms with Crippen LogP contribution in [-0.2, 0) is 11.3 Å². The van der Waals surface area contributed by atoms with Crippen LogP contribution in [0.1, 0.15) is 30.6 Å². The molecule has 188 valence electrons. The molecule has 11 nitrogen and oxygen atoms in total. The Morgan fingerprint density at radius 3 is 2.81 bits per heavy atom. The Morgan fingerprint density at radius 1 is 1.22 bits per heavy atom. The second-order valence-electron chi connectivity index (χ2n) is 8.83. The number of pyridine rings is 1. The van der Waals surface area contributed by atoms with Crippen LogP contribution in [0.5, 0.6) is 11.6 Å². The molecular formula is C25H29N7O4. The lowest BCUT2D eigenvalue weighted by Gasteiger charge is -2.27. The van der Waals surface area contributed by atoms with Crippen molar-refractivity contribution in [3.05, 3.63) is 42.1 Å². The number of carbonyl (C=O) groups is 1. The lowest BCUT2D eigenvalue weighted by molar-refractivity contribution is 0.0355. The van der Waals surface area contributed by atoms with Crippen molar-refractivity contribution in [1.29, 1.82) is 0 Å². The molecule has 0 spiro atoms. The standard InChI is InChI=1S/C25H29N7O4/c1-3-32-20-14-21(27-15-19(20)28-25(32)22-24(26)30-36-29-22)35-18-6-4-5-17(13-18)23(33)16(2)7-8-31-9-11-34-12-10-31/h4-6,13-16H,3,7-12H2,1-2H3,(H2,26,30). The fourth-order valence-electron chi connectivity index (χ4n) is 4.37. The number of hydrogen-bond acceptors (Lipinski definition) is 10. The van der Waals surface area contributed by atoms with Gasteiger partial charge < -0.3 is 19.8 Å². The number of anilines is 1. The summed E-state index contributed by atoms with van der Waals surface area (Å²) in [6.45, 7) is 8.83. The van der Waals surface area contributed by atoms with E-state index in [0.717, 1.165) is 44.8 Å². The summed E-state index contributed by atoms with van der Waals surface area (Å²) in [6, 6.07) is 9.03. The molecule has 1 saturated heterocycles. The molecule has 3 aromatic heterocycles. The summed E-state index contributed by atoms with van der Waals surface area (Å²) >= 11 is 0. The second kappa shape index (κ2) is 10.4. The third kappa shape index (κ3) is 4.93. The number of nitrogens with two attached hydrogens (primary N) is 1. The van der Waals surface area contributed by atoms with Gasteiger partial charge in [0, 0.05) is 37.2 Å². The van der Waals surface area contributed by atoms with E-state index in [4.69, 9.17) is 19.8 Å². The van der Waals surface area contributed by atoms with E-state index in [0.29, 0.717) is 40.8 Å². The Hall–Kier alpha value is -3.83. The smallest absolute Gasteiger partial charge is 0.221 e. The molecule has 0 amide bonds. The van der Waals surface area contributed by atoms with Crippen LogP contribution >= 0.6 is 0 Å². The van der Waals surface area contributed by atoms with Gasteiger partial charge >= 0.3 is 0 Å². The van der Waals surface area contributed by atoms with Gasteiger partial charge in [-0.25, -0.2) is 14.6 Å². The quantitative estimate of drug-likeness (QED) is 0.347. The first kappa shape index (κ1) is 23.9. The van der Waals surface area contributed by atoms with Gasteiger partial charge in [-0.1, -0.05) is 19.1 Å². The molecule has 5 rings (SSSR count). The third-order valence-electron chi connectivity index (χ3n) is 6.42. The zero-order valence-electron chi connectivity index (χ0n) is 20.4. The topological polar surface area (TPSA) is 134 Å². The highest BCUT2D eigenvalue weighted by molar-refractivity contribution is 5.98. The monoisotopic (exact) mass is 491 g/mol. The van der Waals surface area contributed by atoms with Crippen LogP contribution in [0.25, 0.3) is 22.6 Å². The van der Waals surface area contributed by atoms with Gasteiger partial charge in [0.15, 0.2) is 23.1 Å². The number of ether oxygens (including phenoxy) is 2. The summed E-state index contributed by atoms with van der Waals surface area (Å²) in [5, 5.41) is 7.52. The number of hydrogen-bond donors (Lipinski definition) is 1. The third-order valence-corrected chi connectivity index (χ3v) is 6.42. The average molecular weight is 492 g/mol. The molecule has 2 N–H and O–H groups in total. The van der Waals surface area contributed by atoms with E-state index in [1.807, 2.05) is 36.6 Å². The minimum atomic E-state index is -0.0895. The molecule has 0 bridgehead atoms. The highest BCUT2D eigenvalue weighted by Gasteiger charge is 2.20. The minimum absolute atomic E-state index is 0.0895. The van der Waals surface area contributed by atoms with Crippen molar-refractivity contribution in [2.45, 2.75) is 26.8 Å². The van der Waals surface area contributed by atoms with Crippen LogP contribution in [0.2, 0.25) is 0 Å². The summed E-state index contributed by atoms with van der Waals surface area (Å²) in [4.78, 5) is 24.4. The van der Waals surface area contributed by atoms with Crippen molar-refractivity contribution in [2.24, 2.45) is 5.92 Å². The van der Waals surface area contributed by atoms with Crippen LogP contribution < -0.4 is 10.5 Å². The zero-order chi connectivity index (χ0) is 25.1. The normalized spacial score (nSPS) is 15.3. The lowest BCUT2D eigenvalue weighted by atomic mass is 9.96. The summed E-state index contributed by atoms with van der Waals surface area (Å²) in [6.07, 6.45) is 2.43. The average Bonchev–Trinajstić information content (AvgIpc) is 3.49. The van der Waals surface area contributed by atoms with Crippen molar-refractivity contribution in [3.8, 4) is 23.1 Å². The van der Waals surface area contributed by atoms with Gasteiger partial charge in [0.05, 0.1) is 24.9 Å². The van der Waals surface area contributed by atoms with E-state index >= 15 is 0 Å². The van der Waals surface area contributed by atoms with Gasteiger partial charge in [0.25, 0.3) is 0 Å². The van der Waals surface area contributed by atoms with Crippen molar-refractivity contribution < 1.29 is 18.9 Å². The fraction of sp³-hybridized carbons (Fsp3) is 0.400. The number of fused-ring (bicyclic) bond motifs is 1. The van der Waals surface area contributed by atoms with Gasteiger partial charge in [-0.3, -0.25) is 9.69 Å². The molecule has 1 aliphatic heterocycles. The summed E-state index contributed by atoms with van der Waals surface area (Å²) in [7, 11) is 0. The van der Waals surface area contributed by atoms with Crippen molar-refractivity contribution in [2.75, 3.05) is 38.6 Å². The van der Waals surface area contributed by atoms with E-state index in [2.05, 4.69) is 25.2 Å². The minimum Gasteiger partial charge on any atom is -0.439 e. The first-order chi connectivity index (χ1) is 17.5. The Labute approximate surface area is 208 Å². The molecule has 0 saturated carbocycles. The molecule has 1 atom stereocenters. The van der Waals surface area contributed by atoms with Crippen LogP contribution in [0.3, 0.4) is 0 Å². The fourth-order valence-corrected chi connectivity index (χ4v) is 4.37. The zero-order valence-corrected chi connectivity index (χ0v) is 20.4. The SMILES string of the molecule is CCn1c(-c2nonc2N)nc2cnc(Oc3cccc(C(=O)C(C)CCN4CCOCC4)c3)cc21. The number of rotatable bonds is 9. The molecule has 36 heavy (non-hydrogen) atoms. The van der Waals surface area contributed by atoms with Crippen molar-refractivity contribution in [3.63, 3.8) is 0 Å². The number of nitrogen functional groups attached to an aromatic ring is 1. The van der Waals surface area contributed by atoms with E-state index in [1.54, 1.807) is 18.3 Å². The number of morpholine rings is 1. The Balaban J connectivity index is 1.31. The maximum absolute atomic E-state index is 13.1. The molecule has 1 fully saturated rings. The predicted molar refractivity (Wildman–Crippen MR) is 133 cm³/mol. The Kier molecular flexibility index (Phi) is 6.92. The molecule has 1 unspecified atom stereocenters. The van der Waals surface area contributed by atoms with Gasteiger partial charge in [0.1, 0.15) is 11.3 Å². The molecule has 0 aliphatic carbocycles. The Morgan fingerprint density at radius 2 is 2.06 bits per heavy atom. The maximum atomic E-state index is 13.1. The molecule has 4 heterocycles. The van der Waals surface area contributed by atoms with Gasteiger partial charge in [-0.15, -0.1) is 0 Å². The predicted octanol–water partition coefficient (Wildman–Crippen LogP) is 3.42. The summed E-state index contributed by atoms with van der Waals surface area (Å²) in [5.74, 6) is 1.66. The van der Waals surface area contributed by atoms with Crippen LogP contribution in [0, 0.1) is 5.92 Å². The van der Waals surface area contributed by atoms with Crippen LogP contribution in [-0.4, -0.2) is 68.4 Å². The first-order valence-electron chi connectivity index (χ1n) is 12.1. The maximum Gasteiger partial charge on any atom is 0.221 e. The number of imidazole rings is 1.